The van der Waals surface area contributed by atoms with E-state index in [1.54, 1.807) is 55.5 Å². The molecule has 1 heterocycles. The molecule has 1 amide bonds. The molecule has 0 bridgehead atoms. The van der Waals surface area contributed by atoms with Crippen LogP contribution in [0.2, 0.25) is 0 Å². The topological polar surface area (TPSA) is 74.3 Å². The van der Waals surface area contributed by atoms with Crippen molar-refractivity contribution in [1.82, 2.24) is 4.90 Å². The molecule has 0 spiro atoms. The van der Waals surface area contributed by atoms with Gasteiger partial charge in [0.2, 0.25) is 0 Å². The Bertz CT molecular complexity index is 1400. The molecule has 38 heavy (non-hydrogen) atoms. The Kier molecular flexibility index (Phi) is 8.70. The van der Waals surface area contributed by atoms with Crippen LogP contribution in [0.15, 0.2) is 65.6 Å². The van der Waals surface area contributed by atoms with Crippen LogP contribution in [0.3, 0.4) is 0 Å². The molecule has 3 aromatic rings. The minimum Gasteiger partial charge on any atom is -0.493 e. The van der Waals surface area contributed by atoms with E-state index in [0.29, 0.717) is 45.0 Å². The Hall–Kier alpha value is -3.82. The molecule has 0 N–H and O–H groups in total. The van der Waals surface area contributed by atoms with Crippen molar-refractivity contribution in [1.29, 1.82) is 0 Å². The number of benzene rings is 3. The van der Waals surface area contributed by atoms with Crippen molar-refractivity contribution in [3.63, 3.8) is 0 Å². The van der Waals surface area contributed by atoms with Crippen LogP contribution in [0.4, 0.5) is 0 Å². The van der Waals surface area contributed by atoms with E-state index in [9.17, 15) is 9.59 Å². The van der Waals surface area contributed by atoms with Crippen LogP contribution in [-0.2, 0) is 11.2 Å². The molecule has 0 unspecified atom stereocenters. The fraction of sp³-hybridized carbons (Fsp3) is 0.207. The molecule has 4 rings (SSSR count). The second-order valence-electron chi connectivity index (χ2n) is 8.44. The molecular formula is C29H27NO6S2. The summed E-state index contributed by atoms with van der Waals surface area (Å²) in [6.07, 6.45) is 2.36. The number of aryl methyl sites for hydroxylation is 1. The van der Waals surface area contributed by atoms with Gasteiger partial charge in [-0.1, -0.05) is 53.8 Å². The lowest BCUT2D eigenvalue weighted by atomic mass is 10.1. The molecule has 196 valence electrons. The first-order valence-corrected chi connectivity index (χ1v) is 13.0. The van der Waals surface area contributed by atoms with E-state index in [-0.39, 0.29) is 11.7 Å². The summed E-state index contributed by atoms with van der Waals surface area (Å²) in [5.41, 5.74) is 3.21. The first-order valence-electron chi connectivity index (χ1n) is 11.8. The van der Waals surface area contributed by atoms with Crippen molar-refractivity contribution in [2.75, 3.05) is 27.9 Å². The first-order chi connectivity index (χ1) is 18.3. The van der Waals surface area contributed by atoms with Crippen molar-refractivity contribution in [2.24, 2.45) is 0 Å². The zero-order valence-corrected chi connectivity index (χ0v) is 23.1. The number of carbonyl (C=O) groups is 2. The predicted octanol–water partition coefficient (Wildman–Crippen LogP) is 5.68. The van der Waals surface area contributed by atoms with E-state index in [0.717, 1.165) is 16.7 Å². The summed E-state index contributed by atoms with van der Waals surface area (Å²) in [4.78, 5) is 27.8. The van der Waals surface area contributed by atoms with Crippen LogP contribution in [0.1, 0.15) is 27.0 Å². The van der Waals surface area contributed by atoms with Gasteiger partial charge in [-0.05, 0) is 66.9 Å². The van der Waals surface area contributed by atoms with Crippen LogP contribution in [0, 0.1) is 6.92 Å². The van der Waals surface area contributed by atoms with Gasteiger partial charge in [-0.3, -0.25) is 9.69 Å². The van der Waals surface area contributed by atoms with Crippen molar-refractivity contribution in [2.45, 2.75) is 13.3 Å². The Morgan fingerprint density at radius 1 is 0.895 bits per heavy atom. The number of rotatable bonds is 9. The van der Waals surface area contributed by atoms with Gasteiger partial charge in [-0.2, -0.15) is 0 Å². The van der Waals surface area contributed by atoms with Crippen molar-refractivity contribution in [3.8, 4) is 23.0 Å². The predicted molar refractivity (Wildman–Crippen MR) is 152 cm³/mol. The van der Waals surface area contributed by atoms with E-state index < -0.39 is 5.97 Å². The summed E-state index contributed by atoms with van der Waals surface area (Å²) in [6.45, 7) is 2.39. The van der Waals surface area contributed by atoms with Gasteiger partial charge in [0.15, 0.2) is 23.0 Å². The van der Waals surface area contributed by atoms with Crippen molar-refractivity contribution in [3.05, 3.63) is 87.8 Å². The maximum atomic E-state index is 13.1. The molecule has 3 aromatic carbocycles. The lowest BCUT2D eigenvalue weighted by molar-refractivity contribution is -0.122. The SMILES string of the molecule is COc1ccc(CCN2C(=O)/C(=C/c3ccc(OC(=O)c4ccc(C)cc4)c(OC)c3)SC2=S)cc1OC. The molecule has 9 heteroatoms. The normalized spacial score (nSPS) is 14.1. The molecule has 0 atom stereocenters. The van der Waals surface area contributed by atoms with Crippen LogP contribution < -0.4 is 18.9 Å². The zero-order chi connectivity index (χ0) is 27.2. The summed E-state index contributed by atoms with van der Waals surface area (Å²) in [6, 6.07) is 17.9. The standard InChI is InChI=1S/C29H27NO6S2/c1-18-5-9-21(10-6-18)28(32)36-23-12-8-20(16-25(23)35-4)17-26-27(31)30(29(37)38-26)14-13-19-7-11-22(33-2)24(15-19)34-3/h5-12,15-17H,13-14H2,1-4H3/b26-17-. The van der Waals surface area contributed by atoms with E-state index >= 15 is 0 Å². The first kappa shape index (κ1) is 27.2. The third kappa shape index (κ3) is 6.17. The van der Waals surface area contributed by atoms with Crippen LogP contribution in [-0.4, -0.2) is 49.0 Å². The maximum Gasteiger partial charge on any atom is 0.343 e. The largest absolute Gasteiger partial charge is 0.493 e. The summed E-state index contributed by atoms with van der Waals surface area (Å²) in [5.74, 6) is 1.31. The fourth-order valence-electron chi connectivity index (χ4n) is 3.83. The monoisotopic (exact) mass is 549 g/mol. The molecule has 0 radical (unpaired) electrons. The number of ether oxygens (including phenoxy) is 4. The second-order valence-corrected chi connectivity index (χ2v) is 10.1. The summed E-state index contributed by atoms with van der Waals surface area (Å²) >= 11 is 6.74. The molecule has 1 aliphatic heterocycles. The minimum atomic E-state index is -0.480. The van der Waals surface area contributed by atoms with Crippen molar-refractivity contribution < 1.29 is 28.5 Å². The lowest BCUT2D eigenvalue weighted by Gasteiger charge is -2.15. The Morgan fingerprint density at radius 2 is 1.55 bits per heavy atom. The second kappa shape index (κ2) is 12.1. The van der Waals surface area contributed by atoms with E-state index in [2.05, 4.69) is 0 Å². The molecule has 7 nitrogen and oxygen atoms in total. The Morgan fingerprint density at radius 3 is 2.24 bits per heavy atom. The molecule has 0 aliphatic carbocycles. The van der Waals surface area contributed by atoms with E-state index in [1.807, 2.05) is 37.3 Å². The minimum absolute atomic E-state index is 0.158. The number of carbonyl (C=O) groups excluding carboxylic acids is 2. The summed E-state index contributed by atoms with van der Waals surface area (Å²) in [7, 11) is 4.67. The van der Waals surface area contributed by atoms with Gasteiger partial charge in [0.1, 0.15) is 4.32 Å². The number of hydrogen-bond donors (Lipinski definition) is 0. The Balaban J connectivity index is 1.45. The number of methoxy groups -OCH3 is 3. The average Bonchev–Trinajstić information content (AvgIpc) is 3.19. The number of nitrogens with zero attached hydrogens (tertiary/aromatic N) is 1. The molecule has 1 fully saturated rings. The van der Waals surface area contributed by atoms with Crippen LogP contribution in [0.25, 0.3) is 6.08 Å². The summed E-state index contributed by atoms with van der Waals surface area (Å²) < 4.78 is 22.1. The molecule has 0 aromatic heterocycles. The van der Waals surface area contributed by atoms with Gasteiger partial charge in [0.05, 0.1) is 31.8 Å². The average molecular weight is 550 g/mol. The zero-order valence-electron chi connectivity index (χ0n) is 21.5. The number of thioether (sulfide) groups is 1. The lowest BCUT2D eigenvalue weighted by Crippen LogP contribution is -2.30. The number of hydrogen-bond acceptors (Lipinski definition) is 8. The molecule has 1 saturated heterocycles. The number of amides is 1. The van der Waals surface area contributed by atoms with Crippen LogP contribution in [0.5, 0.6) is 23.0 Å². The van der Waals surface area contributed by atoms with Gasteiger partial charge in [-0.25, -0.2) is 4.79 Å². The smallest absolute Gasteiger partial charge is 0.343 e. The fourth-order valence-corrected chi connectivity index (χ4v) is 5.14. The number of thiocarbonyl (C=S) groups is 1. The Labute approximate surface area is 231 Å². The van der Waals surface area contributed by atoms with Crippen LogP contribution >= 0.6 is 24.0 Å². The van der Waals surface area contributed by atoms with E-state index in [1.165, 1.54) is 18.9 Å². The van der Waals surface area contributed by atoms with Gasteiger partial charge in [0.25, 0.3) is 5.91 Å². The van der Waals surface area contributed by atoms with E-state index in [4.69, 9.17) is 31.2 Å². The number of esters is 1. The van der Waals surface area contributed by atoms with Gasteiger partial charge in [-0.15, -0.1) is 0 Å². The van der Waals surface area contributed by atoms with Crippen molar-refractivity contribution >= 4 is 46.3 Å². The third-order valence-corrected chi connectivity index (χ3v) is 7.30. The highest BCUT2D eigenvalue weighted by Crippen LogP contribution is 2.35. The van der Waals surface area contributed by atoms with Gasteiger partial charge < -0.3 is 18.9 Å². The quantitative estimate of drug-likeness (QED) is 0.146. The highest BCUT2D eigenvalue weighted by molar-refractivity contribution is 8.26. The maximum absolute atomic E-state index is 13.1. The molecule has 0 saturated carbocycles. The molecular weight excluding hydrogens is 522 g/mol. The third-order valence-electron chi connectivity index (χ3n) is 5.92. The van der Waals surface area contributed by atoms with Gasteiger partial charge >= 0.3 is 5.97 Å². The molecule has 1 aliphatic rings. The summed E-state index contributed by atoms with van der Waals surface area (Å²) in [5, 5.41) is 0. The van der Waals surface area contributed by atoms with Gasteiger partial charge in [0, 0.05) is 6.54 Å². The highest BCUT2D eigenvalue weighted by Gasteiger charge is 2.31. The highest BCUT2D eigenvalue weighted by atomic mass is 32.2.